The second-order valence-corrected chi connectivity index (χ2v) is 27.4. The van der Waals surface area contributed by atoms with Crippen LogP contribution >= 0.6 is 0 Å². The maximum absolute atomic E-state index is 11.2. The lowest BCUT2D eigenvalue weighted by molar-refractivity contribution is -0.588. The summed E-state index contributed by atoms with van der Waals surface area (Å²) in [6, 6.07) is 68.2. The summed E-state index contributed by atoms with van der Waals surface area (Å²) in [5.41, 5.74) is 7.42. The molecule has 5 nitrogen and oxygen atoms in total. The smallest absolute Gasteiger partial charge is 0.228 e. The fourth-order valence-electron chi connectivity index (χ4n) is 10.5. The highest BCUT2D eigenvalue weighted by molar-refractivity contribution is 7.19. The SMILES string of the molecule is C1=[N+](C2CCCCC2)Cn2c1ccc2[Si](c1ccccc1)(c1ccccc1)c1ccccc1.C[Si](C)(C)c1ccc2n1C[N+](c1cc(-c3ccccc3)c(O)c(-c3ccccc3)c1)=C2. The quantitative estimate of drug-likeness (QED) is 0.0877. The molecule has 2 aliphatic heterocycles. The van der Waals surface area contributed by atoms with Crippen molar-refractivity contribution in [3.63, 3.8) is 0 Å². The van der Waals surface area contributed by atoms with Crippen LogP contribution in [0.5, 0.6) is 5.75 Å². The fraction of sp³-hybridized carbons (Fsp3) is 0.193. The number of benzene rings is 6. The zero-order valence-corrected chi connectivity index (χ0v) is 39.3. The molecule has 64 heavy (non-hydrogen) atoms. The molecule has 7 heteroatoms. The molecule has 2 aromatic heterocycles. The van der Waals surface area contributed by atoms with Crippen molar-refractivity contribution in [3.05, 3.63) is 199 Å². The normalized spacial score (nSPS) is 14.9. The summed E-state index contributed by atoms with van der Waals surface area (Å²) in [5, 5.41) is 18.5. The van der Waals surface area contributed by atoms with E-state index in [1.165, 1.54) is 69.7 Å². The first kappa shape index (κ1) is 41.5. The van der Waals surface area contributed by atoms with Crippen molar-refractivity contribution in [3.8, 4) is 28.0 Å². The predicted molar refractivity (Wildman–Crippen MR) is 272 cm³/mol. The lowest BCUT2D eigenvalue weighted by atomic mass is 9.95. The molecule has 0 spiro atoms. The van der Waals surface area contributed by atoms with Crippen molar-refractivity contribution in [2.75, 3.05) is 0 Å². The average Bonchev–Trinajstić information content (AvgIpc) is 4.15. The van der Waals surface area contributed by atoms with E-state index in [2.05, 4.69) is 178 Å². The van der Waals surface area contributed by atoms with Gasteiger partial charge in [-0.25, -0.2) is 4.58 Å². The van der Waals surface area contributed by atoms with E-state index in [1.54, 1.807) is 0 Å². The van der Waals surface area contributed by atoms with Crippen molar-refractivity contribution in [2.24, 2.45) is 0 Å². The maximum atomic E-state index is 11.2. The summed E-state index contributed by atoms with van der Waals surface area (Å²) in [6.45, 7) is 8.94. The molecule has 0 unspecified atom stereocenters. The molecule has 0 atom stereocenters. The molecule has 0 amide bonds. The van der Waals surface area contributed by atoms with Gasteiger partial charge in [0.1, 0.15) is 17.1 Å². The van der Waals surface area contributed by atoms with E-state index in [0.717, 1.165) is 41.3 Å². The summed E-state index contributed by atoms with van der Waals surface area (Å²) in [5.74, 6) is 0.322. The van der Waals surface area contributed by atoms with Gasteiger partial charge in [-0.05, 0) is 63.8 Å². The Morgan fingerprint density at radius 3 is 1.41 bits per heavy atom. The maximum Gasteiger partial charge on any atom is 0.228 e. The highest BCUT2D eigenvalue weighted by Crippen LogP contribution is 2.42. The van der Waals surface area contributed by atoms with Crippen LogP contribution < -0.4 is 26.2 Å². The van der Waals surface area contributed by atoms with Crippen LogP contribution in [0.25, 0.3) is 22.3 Å². The molecule has 1 N–H and O–H groups in total. The molecular formula is C57H58N4OSi2+2. The number of rotatable bonds is 9. The van der Waals surface area contributed by atoms with Crippen LogP contribution in [-0.4, -0.2) is 58.0 Å². The zero-order chi connectivity index (χ0) is 43.7. The van der Waals surface area contributed by atoms with Gasteiger partial charge in [0.25, 0.3) is 0 Å². The lowest BCUT2D eigenvalue weighted by Crippen LogP contribution is -2.76. The molecule has 3 aliphatic rings. The standard InChI is InChI=1S/C30H31N2Si.C27H26N2OSi/c1-5-13-25(14-6-1)31-23-26-21-22-30(32(26)24-31)33(27-15-7-2-8-16-27,28-17-9-3-10-18-28)29-19-11-4-12-20-29;1-31(2,3)26-15-14-22-18-28(19-29(22)26)23-16-24(20-10-6-4-7-11-20)27(30)25(17-23)21-12-8-5-9-13-21/h2-4,7-12,15-23,25H,1,5-6,13-14,24H2;4-18H,19H2,1-3H3/q+1;/p+1. The minimum Gasteiger partial charge on any atom is -0.507 e. The molecular weight excluding hydrogens is 813 g/mol. The first-order chi connectivity index (χ1) is 31.3. The van der Waals surface area contributed by atoms with Crippen LogP contribution in [0.3, 0.4) is 0 Å². The summed E-state index contributed by atoms with van der Waals surface area (Å²) in [4.78, 5) is 0. The number of hydrogen-bond acceptors (Lipinski definition) is 1. The Hall–Kier alpha value is -6.55. The fourth-order valence-corrected chi connectivity index (χ4v) is 17.0. The Labute approximate surface area is 380 Å². The van der Waals surface area contributed by atoms with E-state index in [9.17, 15) is 5.11 Å². The van der Waals surface area contributed by atoms with Crippen molar-refractivity contribution in [2.45, 2.75) is 71.1 Å². The van der Waals surface area contributed by atoms with E-state index >= 15 is 0 Å². The van der Waals surface area contributed by atoms with Crippen molar-refractivity contribution < 1.29 is 14.3 Å². The molecule has 11 rings (SSSR count). The third kappa shape index (κ3) is 7.77. The molecule has 318 valence electrons. The molecule has 0 radical (unpaired) electrons. The average molecular weight is 871 g/mol. The van der Waals surface area contributed by atoms with Crippen LogP contribution in [0.4, 0.5) is 5.69 Å². The van der Waals surface area contributed by atoms with Gasteiger partial charge in [-0.2, -0.15) is 4.58 Å². The summed E-state index contributed by atoms with van der Waals surface area (Å²) in [7, 11) is -3.90. The van der Waals surface area contributed by atoms with Gasteiger partial charge in [-0.3, -0.25) is 9.13 Å². The van der Waals surface area contributed by atoms with Gasteiger partial charge < -0.3 is 5.11 Å². The molecule has 0 saturated heterocycles. The first-order valence-corrected chi connectivity index (χ1v) is 28.6. The first-order valence-electron chi connectivity index (χ1n) is 23.1. The van der Waals surface area contributed by atoms with E-state index < -0.39 is 16.1 Å². The zero-order valence-electron chi connectivity index (χ0n) is 37.3. The van der Waals surface area contributed by atoms with Crippen molar-refractivity contribution >= 4 is 60.5 Å². The summed E-state index contributed by atoms with van der Waals surface area (Å²) in [6.07, 6.45) is 11.4. The molecule has 1 aliphatic carbocycles. The van der Waals surface area contributed by atoms with E-state index in [1.807, 2.05) is 60.7 Å². The second kappa shape index (κ2) is 17.6. The lowest BCUT2D eigenvalue weighted by Gasteiger charge is -2.34. The Balaban J connectivity index is 0.000000152. The number of fused-ring (bicyclic) bond motifs is 2. The molecule has 0 bridgehead atoms. The van der Waals surface area contributed by atoms with Gasteiger partial charge in [0.15, 0.2) is 26.5 Å². The summed E-state index contributed by atoms with van der Waals surface area (Å²) < 4.78 is 9.96. The van der Waals surface area contributed by atoms with Crippen molar-refractivity contribution in [1.82, 2.24) is 9.13 Å². The number of nitrogens with zero attached hydrogens (tertiary/aromatic N) is 4. The predicted octanol–water partition coefficient (Wildman–Crippen LogP) is 9.41. The minimum absolute atomic E-state index is 0.322. The van der Waals surface area contributed by atoms with Crippen LogP contribution in [0.1, 0.15) is 43.5 Å². The highest BCUT2D eigenvalue weighted by Gasteiger charge is 2.45. The number of aromatic nitrogens is 2. The van der Waals surface area contributed by atoms with Crippen LogP contribution in [-0.2, 0) is 13.3 Å². The topological polar surface area (TPSA) is 36.1 Å². The number of phenolic OH excluding ortho intramolecular Hbond substituents is 1. The third-order valence-electron chi connectivity index (χ3n) is 13.6. The number of aromatic hydroxyl groups is 1. The monoisotopic (exact) mass is 870 g/mol. The Morgan fingerprint density at radius 2 is 0.922 bits per heavy atom. The Bertz CT molecular complexity index is 2790. The minimum atomic E-state index is -2.47. The van der Waals surface area contributed by atoms with Crippen LogP contribution in [0.15, 0.2) is 188 Å². The summed E-state index contributed by atoms with van der Waals surface area (Å²) >= 11 is 0. The molecule has 8 aromatic rings. The highest BCUT2D eigenvalue weighted by atomic mass is 28.3. The van der Waals surface area contributed by atoms with Gasteiger partial charge in [-0.15, -0.1) is 0 Å². The van der Waals surface area contributed by atoms with E-state index in [-0.39, 0.29) is 0 Å². The number of phenols is 1. The third-order valence-corrected chi connectivity index (χ3v) is 20.4. The molecule has 1 fully saturated rings. The van der Waals surface area contributed by atoms with Gasteiger partial charge >= 0.3 is 0 Å². The molecule has 6 aromatic carbocycles. The Kier molecular flexibility index (Phi) is 11.4. The van der Waals surface area contributed by atoms with Crippen LogP contribution in [0.2, 0.25) is 19.6 Å². The van der Waals surface area contributed by atoms with Gasteiger partial charge in [0.2, 0.25) is 19.0 Å². The van der Waals surface area contributed by atoms with E-state index in [4.69, 9.17) is 0 Å². The van der Waals surface area contributed by atoms with Gasteiger partial charge in [0, 0.05) is 46.7 Å². The molecule has 4 heterocycles. The van der Waals surface area contributed by atoms with Crippen LogP contribution in [0, 0.1) is 0 Å². The van der Waals surface area contributed by atoms with Gasteiger partial charge in [0.05, 0.1) is 8.07 Å². The largest absolute Gasteiger partial charge is 0.507 e. The molecule has 1 saturated carbocycles. The number of hydrogen-bond donors (Lipinski definition) is 1. The second-order valence-electron chi connectivity index (χ2n) is 18.7. The Morgan fingerprint density at radius 1 is 0.484 bits per heavy atom. The van der Waals surface area contributed by atoms with Crippen molar-refractivity contribution in [1.29, 1.82) is 0 Å². The van der Waals surface area contributed by atoms with E-state index in [0.29, 0.717) is 11.8 Å². The van der Waals surface area contributed by atoms with Gasteiger partial charge in [-0.1, -0.05) is 178 Å².